The third-order valence-corrected chi connectivity index (χ3v) is 6.33. The summed E-state index contributed by atoms with van der Waals surface area (Å²) in [4.78, 5) is 31.7. The highest BCUT2D eigenvalue weighted by atomic mass is 19.4. The number of alkyl halides is 3. The predicted octanol–water partition coefficient (Wildman–Crippen LogP) is 6.15. The molecule has 1 aromatic heterocycles. The van der Waals surface area contributed by atoms with Crippen LogP contribution in [0.2, 0.25) is 0 Å². The molecule has 1 aliphatic heterocycles. The van der Waals surface area contributed by atoms with Crippen LogP contribution in [0.3, 0.4) is 0 Å². The van der Waals surface area contributed by atoms with Gasteiger partial charge < -0.3 is 10.2 Å². The molecule has 0 unspecified atom stereocenters. The van der Waals surface area contributed by atoms with Crippen molar-refractivity contribution in [2.45, 2.75) is 19.0 Å². The Bertz CT molecular complexity index is 1450. The van der Waals surface area contributed by atoms with Crippen LogP contribution >= 0.6 is 0 Å². The second-order valence-electron chi connectivity index (χ2n) is 8.75. The van der Waals surface area contributed by atoms with Crippen LogP contribution in [-0.2, 0) is 23.8 Å². The zero-order valence-electron chi connectivity index (χ0n) is 19.6. The van der Waals surface area contributed by atoms with Crippen LogP contribution in [0.1, 0.15) is 27.0 Å². The van der Waals surface area contributed by atoms with E-state index < -0.39 is 11.7 Å². The van der Waals surface area contributed by atoms with Gasteiger partial charge in [-0.05, 0) is 77.2 Å². The molecule has 0 aliphatic carbocycles. The maximum absolute atomic E-state index is 13.1. The number of aromatic nitrogens is 1. The number of rotatable bonds is 5. The van der Waals surface area contributed by atoms with Gasteiger partial charge in [0.25, 0.3) is 5.91 Å². The lowest BCUT2D eigenvalue weighted by atomic mass is 9.98. The number of carbonyl (C=O) groups excluding carboxylic acids is 2. The fourth-order valence-electron chi connectivity index (χ4n) is 4.48. The van der Waals surface area contributed by atoms with Crippen molar-refractivity contribution in [2.24, 2.45) is 0 Å². The van der Waals surface area contributed by atoms with Crippen LogP contribution in [0.5, 0.6) is 0 Å². The summed E-state index contributed by atoms with van der Waals surface area (Å²) in [5, 5.41) is 2.89. The lowest BCUT2D eigenvalue weighted by Gasteiger charge is -2.18. The van der Waals surface area contributed by atoms with E-state index in [0.29, 0.717) is 35.3 Å². The summed E-state index contributed by atoms with van der Waals surface area (Å²) in [6, 6.07) is 20.6. The topological polar surface area (TPSA) is 62.3 Å². The first kappa shape index (κ1) is 24.2. The van der Waals surface area contributed by atoms with Crippen molar-refractivity contribution in [3.8, 4) is 11.1 Å². The Balaban J connectivity index is 1.32. The largest absolute Gasteiger partial charge is 0.416 e. The van der Waals surface area contributed by atoms with E-state index in [1.807, 2.05) is 24.3 Å². The van der Waals surface area contributed by atoms with E-state index in [2.05, 4.69) is 10.3 Å². The van der Waals surface area contributed by atoms with Gasteiger partial charge in [0, 0.05) is 35.9 Å². The highest BCUT2D eigenvalue weighted by Gasteiger charge is 2.30. The summed E-state index contributed by atoms with van der Waals surface area (Å²) in [6.07, 6.45) is -0.164. The monoisotopic (exact) mass is 501 g/mol. The summed E-state index contributed by atoms with van der Waals surface area (Å²) in [7, 11) is 0. The number of halogens is 3. The molecule has 2 heterocycles. The Labute approximate surface area is 211 Å². The van der Waals surface area contributed by atoms with Crippen molar-refractivity contribution in [3.05, 3.63) is 114 Å². The Morgan fingerprint density at radius 1 is 0.919 bits per heavy atom. The molecule has 3 aromatic carbocycles. The molecule has 0 radical (unpaired) electrons. The maximum atomic E-state index is 13.1. The van der Waals surface area contributed by atoms with Crippen LogP contribution in [0, 0.1) is 0 Å². The molecule has 0 saturated carbocycles. The molecular formula is C29H22F3N3O2. The molecular weight excluding hydrogens is 479 g/mol. The number of amides is 2. The molecule has 0 bridgehead atoms. The molecule has 8 heteroatoms. The van der Waals surface area contributed by atoms with Crippen molar-refractivity contribution >= 4 is 23.2 Å². The molecule has 5 nitrogen and oxygen atoms in total. The highest BCUT2D eigenvalue weighted by Crippen LogP contribution is 2.33. The average Bonchev–Trinajstić information content (AvgIpc) is 3.32. The van der Waals surface area contributed by atoms with E-state index in [1.165, 1.54) is 12.1 Å². The summed E-state index contributed by atoms with van der Waals surface area (Å²) >= 11 is 0. The van der Waals surface area contributed by atoms with Crippen molar-refractivity contribution in [3.63, 3.8) is 0 Å². The molecule has 0 atom stereocenters. The van der Waals surface area contributed by atoms with Gasteiger partial charge in [-0.2, -0.15) is 13.2 Å². The first-order valence-electron chi connectivity index (χ1n) is 11.7. The van der Waals surface area contributed by atoms with Crippen LogP contribution < -0.4 is 10.2 Å². The molecule has 0 fully saturated rings. The maximum Gasteiger partial charge on any atom is 0.416 e. The van der Waals surface area contributed by atoms with E-state index in [0.717, 1.165) is 28.9 Å². The third-order valence-electron chi connectivity index (χ3n) is 6.33. The third kappa shape index (κ3) is 5.23. The summed E-state index contributed by atoms with van der Waals surface area (Å²) in [5.74, 6) is -0.383. The van der Waals surface area contributed by atoms with Gasteiger partial charge in [0.1, 0.15) is 0 Å². The predicted molar refractivity (Wildman–Crippen MR) is 135 cm³/mol. The Kier molecular flexibility index (Phi) is 6.48. The fraction of sp³-hybridized carbons (Fsp3) is 0.138. The molecule has 0 saturated heterocycles. The zero-order valence-corrected chi connectivity index (χ0v) is 19.6. The lowest BCUT2D eigenvalue weighted by molar-refractivity contribution is -0.137. The smallest absolute Gasteiger partial charge is 0.322 e. The van der Waals surface area contributed by atoms with Crippen molar-refractivity contribution < 1.29 is 22.8 Å². The van der Waals surface area contributed by atoms with Gasteiger partial charge in [-0.25, -0.2) is 0 Å². The Hall–Kier alpha value is -4.46. The van der Waals surface area contributed by atoms with Gasteiger partial charge in [-0.15, -0.1) is 0 Å². The number of fused-ring (bicyclic) bond motifs is 1. The second-order valence-corrected chi connectivity index (χ2v) is 8.75. The summed E-state index contributed by atoms with van der Waals surface area (Å²) in [5.41, 5.74) is 3.89. The number of nitrogens with zero attached hydrogens (tertiary/aromatic N) is 2. The number of anilines is 2. The normalized spacial score (nSPS) is 12.8. The highest BCUT2D eigenvalue weighted by molar-refractivity contribution is 6.09. The fourth-order valence-corrected chi connectivity index (χ4v) is 4.48. The van der Waals surface area contributed by atoms with Gasteiger partial charge in [-0.3, -0.25) is 14.6 Å². The van der Waals surface area contributed by atoms with Gasteiger partial charge in [0.05, 0.1) is 12.0 Å². The molecule has 1 aliphatic rings. The van der Waals surface area contributed by atoms with Crippen LogP contribution in [0.4, 0.5) is 24.5 Å². The van der Waals surface area contributed by atoms with Gasteiger partial charge in [0.15, 0.2) is 0 Å². The van der Waals surface area contributed by atoms with Crippen LogP contribution in [0.25, 0.3) is 11.1 Å². The molecule has 0 spiro atoms. The number of benzene rings is 3. The Morgan fingerprint density at radius 2 is 1.65 bits per heavy atom. The number of hydrogen-bond acceptors (Lipinski definition) is 3. The number of nitrogens with one attached hydrogen (secondary N) is 1. The second kappa shape index (κ2) is 9.89. The standard InChI is InChI=1S/C29H22F3N3O2/c30-29(31,32)22-7-5-20(6-8-22)24-3-1-2-4-25(24)28(37)34-23-9-10-26-21(18-23)13-16-35(26)27(36)17-19-11-14-33-15-12-19/h1-12,14-15,18H,13,16-17H2,(H,34,37). The average molecular weight is 502 g/mol. The summed E-state index contributed by atoms with van der Waals surface area (Å²) in [6.45, 7) is 0.563. The molecule has 186 valence electrons. The molecule has 4 aromatic rings. The van der Waals surface area contributed by atoms with Crippen molar-refractivity contribution in [2.75, 3.05) is 16.8 Å². The van der Waals surface area contributed by atoms with Gasteiger partial charge in [0.2, 0.25) is 5.91 Å². The van der Waals surface area contributed by atoms with Crippen LogP contribution in [-0.4, -0.2) is 23.3 Å². The minimum absolute atomic E-state index is 0.00722. The number of pyridine rings is 1. The number of hydrogen-bond donors (Lipinski definition) is 1. The molecule has 5 rings (SSSR count). The van der Waals surface area contributed by atoms with Crippen LogP contribution in [0.15, 0.2) is 91.3 Å². The summed E-state index contributed by atoms with van der Waals surface area (Å²) < 4.78 is 38.8. The van der Waals surface area contributed by atoms with E-state index in [1.54, 1.807) is 47.6 Å². The first-order valence-corrected chi connectivity index (χ1v) is 11.7. The molecule has 2 amide bonds. The SMILES string of the molecule is O=C(Nc1ccc2c(c1)CCN2C(=O)Cc1ccncc1)c1ccccc1-c1ccc(C(F)(F)F)cc1. The van der Waals surface area contributed by atoms with Gasteiger partial charge in [-0.1, -0.05) is 30.3 Å². The van der Waals surface area contributed by atoms with Gasteiger partial charge >= 0.3 is 6.18 Å². The minimum atomic E-state index is -4.43. The lowest BCUT2D eigenvalue weighted by Crippen LogP contribution is -2.30. The minimum Gasteiger partial charge on any atom is -0.322 e. The van der Waals surface area contributed by atoms with Crippen molar-refractivity contribution in [1.29, 1.82) is 0 Å². The zero-order chi connectivity index (χ0) is 26.0. The van der Waals surface area contributed by atoms with E-state index in [-0.39, 0.29) is 18.2 Å². The Morgan fingerprint density at radius 3 is 2.38 bits per heavy atom. The quantitative estimate of drug-likeness (QED) is 0.357. The van der Waals surface area contributed by atoms with E-state index >= 15 is 0 Å². The van der Waals surface area contributed by atoms with E-state index in [4.69, 9.17) is 0 Å². The molecule has 37 heavy (non-hydrogen) atoms. The van der Waals surface area contributed by atoms with Crippen molar-refractivity contribution in [1.82, 2.24) is 4.98 Å². The van der Waals surface area contributed by atoms with E-state index in [9.17, 15) is 22.8 Å². The molecule has 1 N–H and O–H groups in total. The number of carbonyl (C=O) groups is 2. The first-order chi connectivity index (χ1) is 17.8.